The molecule has 0 saturated carbocycles. The molecule has 1 aromatic rings. The highest BCUT2D eigenvalue weighted by Crippen LogP contribution is 2.27. The predicted octanol–water partition coefficient (Wildman–Crippen LogP) is 0.417. The summed E-state index contributed by atoms with van der Waals surface area (Å²) in [7, 11) is 0. The molecule has 2 aliphatic heterocycles. The molecule has 5 nitrogen and oxygen atoms in total. The molecular formula is C11H15N3O2. The van der Waals surface area contributed by atoms with Gasteiger partial charge in [-0.25, -0.2) is 4.98 Å². The molecule has 3 atom stereocenters. The molecule has 5 heteroatoms. The minimum Gasteiger partial charge on any atom is -0.438 e. The minimum atomic E-state index is -0.188. The third-order valence-electron chi connectivity index (χ3n) is 3.46. The zero-order chi connectivity index (χ0) is 11.1. The number of carbonyl (C=O) groups is 1. The zero-order valence-corrected chi connectivity index (χ0v) is 9.27. The Morgan fingerprint density at radius 2 is 2.50 bits per heavy atom. The van der Waals surface area contributed by atoms with Gasteiger partial charge in [0.25, 0.3) is 5.89 Å². The molecule has 0 spiro atoms. The van der Waals surface area contributed by atoms with E-state index in [1.54, 1.807) is 13.1 Å². The second kappa shape index (κ2) is 3.59. The van der Waals surface area contributed by atoms with Crippen LogP contribution in [-0.2, 0) is 0 Å². The molecule has 0 aromatic carbocycles. The lowest BCUT2D eigenvalue weighted by atomic mass is 10.0. The van der Waals surface area contributed by atoms with Crippen LogP contribution in [0.4, 0.5) is 0 Å². The summed E-state index contributed by atoms with van der Waals surface area (Å²) in [5.74, 6) is 1.27. The SMILES string of the molecule is Cc1cnc(C(=O)NC2CN3CC[C@H]2C3)o1. The summed E-state index contributed by atoms with van der Waals surface area (Å²) in [6.45, 7) is 5.05. The van der Waals surface area contributed by atoms with Crippen molar-refractivity contribution < 1.29 is 9.21 Å². The molecule has 1 aromatic heterocycles. The van der Waals surface area contributed by atoms with Crippen molar-refractivity contribution in [1.29, 1.82) is 0 Å². The smallest absolute Gasteiger partial charge is 0.307 e. The van der Waals surface area contributed by atoms with Crippen LogP contribution in [0.3, 0.4) is 0 Å². The zero-order valence-electron chi connectivity index (χ0n) is 9.27. The third kappa shape index (κ3) is 1.61. The Hall–Kier alpha value is -1.36. The average Bonchev–Trinajstić information content (AvgIpc) is 2.92. The number of aromatic nitrogens is 1. The number of rotatable bonds is 2. The first-order valence-corrected chi connectivity index (χ1v) is 5.68. The van der Waals surface area contributed by atoms with Crippen LogP contribution < -0.4 is 5.32 Å². The van der Waals surface area contributed by atoms with Gasteiger partial charge in [0.05, 0.1) is 6.20 Å². The second-order valence-corrected chi connectivity index (χ2v) is 4.66. The van der Waals surface area contributed by atoms with E-state index in [0.29, 0.717) is 11.7 Å². The molecule has 2 fully saturated rings. The molecular weight excluding hydrogens is 206 g/mol. The summed E-state index contributed by atoms with van der Waals surface area (Å²) in [6.07, 6.45) is 2.76. The summed E-state index contributed by atoms with van der Waals surface area (Å²) in [5.41, 5.74) is 0. The van der Waals surface area contributed by atoms with Gasteiger partial charge in [0.1, 0.15) is 5.76 Å². The Labute approximate surface area is 93.8 Å². The van der Waals surface area contributed by atoms with Crippen LogP contribution in [0.1, 0.15) is 22.9 Å². The highest BCUT2D eigenvalue weighted by Gasteiger charge is 2.39. The molecule has 3 rings (SSSR count). The molecule has 2 saturated heterocycles. The van der Waals surface area contributed by atoms with Crippen LogP contribution in [0.15, 0.2) is 10.6 Å². The predicted molar refractivity (Wildman–Crippen MR) is 57.0 cm³/mol. The quantitative estimate of drug-likeness (QED) is 0.786. The van der Waals surface area contributed by atoms with E-state index in [1.165, 1.54) is 13.0 Å². The number of amides is 1. The first-order valence-electron chi connectivity index (χ1n) is 5.68. The largest absolute Gasteiger partial charge is 0.438 e. The maximum atomic E-state index is 11.8. The van der Waals surface area contributed by atoms with Crippen LogP contribution in [-0.4, -0.2) is 41.5 Å². The van der Waals surface area contributed by atoms with Gasteiger partial charge in [-0.05, 0) is 25.8 Å². The van der Waals surface area contributed by atoms with E-state index < -0.39 is 0 Å². The van der Waals surface area contributed by atoms with Crippen molar-refractivity contribution >= 4 is 5.91 Å². The Bertz CT molecular complexity index is 415. The van der Waals surface area contributed by atoms with Gasteiger partial charge in [-0.3, -0.25) is 4.79 Å². The van der Waals surface area contributed by atoms with Gasteiger partial charge >= 0.3 is 5.91 Å². The van der Waals surface area contributed by atoms with Crippen LogP contribution >= 0.6 is 0 Å². The third-order valence-corrected chi connectivity index (χ3v) is 3.46. The lowest BCUT2D eigenvalue weighted by Gasteiger charge is -2.22. The van der Waals surface area contributed by atoms with Crippen molar-refractivity contribution in [1.82, 2.24) is 15.2 Å². The number of carbonyl (C=O) groups excluding carboxylic acids is 1. The van der Waals surface area contributed by atoms with Crippen molar-refractivity contribution in [3.8, 4) is 0 Å². The Morgan fingerprint density at radius 3 is 3.06 bits per heavy atom. The van der Waals surface area contributed by atoms with Crippen LogP contribution in [0.2, 0.25) is 0 Å². The normalized spacial score (nSPS) is 31.9. The lowest BCUT2D eigenvalue weighted by molar-refractivity contribution is 0.0888. The Kier molecular flexibility index (Phi) is 2.21. The fraction of sp³-hybridized carbons (Fsp3) is 0.636. The Balaban J connectivity index is 1.65. The van der Waals surface area contributed by atoms with Crippen molar-refractivity contribution in [2.75, 3.05) is 19.6 Å². The van der Waals surface area contributed by atoms with E-state index in [0.717, 1.165) is 13.1 Å². The number of aryl methyl sites for hydroxylation is 1. The van der Waals surface area contributed by atoms with E-state index >= 15 is 0 Å². The Morgan fingerprint density at radius 1 is 1.62 bits per heavy atom. The highest BCUT2D eigenvalue weighted by atomic mass is 16.4. The first kappa shape index (κ1) is 9.84. The van der Waals surface area contributed by atoms with Crippen molar-refractivity contribution in [3.63, 3.8) is 0 Å². The number of oxazole rings is 1. The molecule has 86 valence electrons. The second-order valence-electron chi connectivity index (χ2n) is 4.66. The van der Waals surface area contributed by atoms with Gasteiger partial charge in [-0.1, -0.05) is 0 Å². The molecule has 0 aliphatic carbocycles. The summed E-state index contributed by atoms with van der Waals surface area (Å²) in [5, 5.41) is 3.00. The van der Waals surface area contributed by atoms with Crippen molar-refractivity contribution in [3.05, 3.63) is 17.8 Å². The first-order chi connectivity index (χ1) is 7.72. The van der Waals surface area contributed by atoms with Gasteiger partial charge in [0, 0.05) is 19.1 Å². The number of fused-ring (bicyclic) bond motifs is 2. The summed E-state index contributed by atoms with van der Waals surface area (Å²) < 4.78 is 5.20. The van der Waals surface area contributed by atoms with Crippen LogP contribution in [0.5, 0.6) is 0 Å². The lowest BCUT2D eigenvalue weighted by Crippen LogP contribution is -2.43. The maximum Gasteiger partial charge on any atom is 0.307 e. The average molecular weight is 221 g/mol. The minimum absolute atomic E-state index is 0.176. The van der Waals surface area contributed by atoms with Crippen molar-refractivity contribution in [2.45, 2.75) is 19.4 Å². The molecule has 3 heterocycles. The fourth-order valence-corrected chi connectivity index (χ4v) is 2.64. The fourth-order valence-electron chi connectivity index (χ4n) is 2.64. The summed E-state index contributed by atoms with van der Waals surface area (Å²) in [6, 6.07) is 0.272. The molecule has 2 bridgehead atoms. The molecule has 2 aliphatic rings. The van der Waals surface area contributed by atoms with Gasteiger partial charge in [-0.2, -0.15) is 0 Å². The standard InChI is InChI=1S/C11H15N3O2/c1-7-4-12-11(16-7)10(15)13-9-6-14-3-2-8(9)5-14/h4,8-9H,2-3,5-6H2,1H3,(H,13,15)/t8-,9?/m0/s1. The monoisotopic (exact) mass is 221 g/mol. The van der Waals surface area contributed by atoms with Crippen LogP contribution in [0.25, 0.3) is 0 Å². The number of nitrogens with zero attached hydrogens (tertiary/aromatic N) is 2. The molecule has 1 amide bonds. The van der Waals surface area contributed by atoms with E-state index in [1.807, 2.05) is 0 Å². The summed E-state index contributed by atoms with van der Waals surface area (Å²) >= 11 is 0. The number of hydrogen-bond acceptors (Lipinski definition) is 4. The van der Waals surface area contributed by atoms with Gasteiger partial charge < -0.3 is 14.6 Å². The number of hydrogen-bond donors (Lipinski definition) is 1. The molecule has 2 unspecified atom stereocenters. The van der Waals surface area contributed by atoms with E-state index in [9.17, 15) is 4.79 Å². The van der Waals surface area contributed by atoms with E-state index in [4.69, 9.17) is 4.42 Å². The summed E-state index contributed by atoms with van der Waals surface area (Å²) in [4.78, 5) is 18.1. The highest BCUT2D eigenvalue weighted by molar-refractivity contribution is 5.89. The van der Waals surface area contributed by atoms with Gasteiger partial charge in [0.15, 0.2) is 0 Å². The van der Waals surface area contributed by atoms with Crippen molar-refractivity contribution in [2.24, 2.45) is 5.92 Å². The molecule has 1 N–H and O–H groups in total. The molecule has 0 radical (unpaired) electrons. The van der Waals surface area contributed by atoms with Gasteiger partial charge in [-0.15, -0.1) is 0 Å². The maximum absolute atomic E-state index is 11.8. The van der Waals surface area contributed by atoms with Crippen LogP contribution in [0, 0.1) is 12.8 Å². The molecule has 16 heavy (non-hydrogen) atoms. The topological polar surface area (TPSA) is 58.4 Å². The number of nitrogens with one attached hydrogen (secondary N) is 1. The van der Waals surface area contributed by atoms with E-state index in [2.05, 4.69) is 15.2 Å². The van der Waals surface area contributed by atoms with E-state index in [-0.39, 0.29) is 17.8 Å². The number of piperidine rings is 1. The van der Waals surface area contributed by atoms with Gasteiger partial charge in [0.2, 0.25) is 0 Å².